The van der Waals surface area contributed by atoms with Crippen LogP contribution in [0.1, 0.15) is 20.0 Å². The summed E-state index contributed by atoms with van der Waals surface area (Å²) in [6, 6.07) is 5.61. The van der Waals surface area contributed by atoms with Gasteiger partial charge in [-0.15, -0.1) is 11.3 Å². The van der Waals surface area contributed by atoms with Crippen LogP contribution in [0.5, 0.6) is 0 Å². The first-order chi connectivity index (χ1) is 10.9. The van der Waals surface area contributed by atoms with Crippen LogP contribution in [0.3, 0.4) is 0 Å². The van der Waals surface area contributed by atoms with E-state index in [1.807, 2.05) is 0 Å². The number of aldehydes is 1. The lowest BCUT2D eigenvalue weighted by molar-refractivity contribution is 0.0702. The zero-order valence-corrected chi connectivity index (χ0v) is 12.8. The molecule has 0 bridgehead atoms. The third kappa shape index (κ3) is 2.37. The highest BCUT2D eigenvalue weighted by molar-refractivity contribution is 7.18. The number of rotatable bonds is 3. The van der Waals surface area contributed by atoms with Crippen LogP contribution in [-0.4, -0.2) is 26.9 Å². The first kappa shape index (κ1) is 15.2. The summed E-state index contributed by atoms with van der Waals surface area (Å²) in [4.78, 5) is 49.4. The summed E-state index contributed by atoms with van der Waals surface area (Å²) in [5.41, 5.74) is -1.24. The van der Waals surface area contributed by atoms with Crippen molar-refractivity contribution >= 4 is 46.1 Å². The molecule has 23 heavy (non-hydrogen) atoms. The van der Waals surface area contributed by atoms with Gasteiger partial charge in [-0.05, 0) is 12.1 Å². The number of fused-ring (bicyclic) bond motifs is 1. The first-order valence-electron chi connectivity index (χ1n) is 6.20. The van der Waals surface area contributed by atoms with E-state index in [1.165, 1.54) is 18.2 Å². The molecule has 0 atom stereocenters. The van der Waals surface area contributed by atoms with E-state index in [1.54, 1.807) is 0 Å². The van der Waals surface area contributed by atoms with Gasteiger partial charge in [0.05, 0.1) is 16.6 Å². The number of carbonyl (C=O) groups excluding carboxylic acids is 1. The first-order valence-corrected chi connectivity index (χ1v) is 7.39. The standard InChI is InChI=1S/C14H7ClN2O5S/c15-11-8(4-9(23-11)13(20)21)17-12(19)10-6(5-18)2-1-3-7(10)16-14(17)22/h1-5H,(H,16,22)(H,20,21). The molecule has 7 nitrogen and oxygen atoms in total. The van der Waals surface area contributed by atoms with Gasteiger partial charge in [0, 0.05) is 5.56 Å². The molecule has 0 aliphatic carbocycles. The van der Waals surface area contributed by atoms with Crippen molar-refractivity contribution in [2.45, 2.75) is 0 Å². The van der Waals surface area contributed by atoms with Crippen LogP contribution >= 0.6 is 22.9 Å². The van der Waals surface area contributed by atoms with Crippen LogP contribution in [0.2, 0.25) is 4.34 Å². The highest BCUT2D eigenvalue weighted by Gasteiger charge is 2.19. The Kier molecular flexibility index (Phi) is 3.63. The van der Waals surface area contributed by atoms with Crippen molar-refractivity contribution in [2.75, 3.05) is 0 Å². The molecule has 116 valence electrons. The van der Waals surface area contributed by atoms with Crippen molar-refractivity contribution in [1.82, 2.24) is 9.55 Å². The molecule has 0 unspecified atom stereocenters. The van der Waals surface area contributed by atoms with E-state index in [0.717, 1.165) is 22.0 Å². The van der Waals surface area contributed by atoms with E-state index in [2.05, 4.69) is 4.98 Å². The molecule has 0 amide bonds. The average molecular weight is 351 g/mol. The number of thiophene rings is 1. The molecular weight excluding hydrogens is 344 g/mol. The number of nitrogens with zero attached hydrogens (tertiary/aromatic N) is 1. The Labute approximate surface area is 136 Å². The topological polar surface area (TPSA) is 109 Å². The second-order valence-corrected chi connectivity index (χ2v) is 6.19. The van der Waals surface area contributed by atoms with E-state index in [0.29, 0.717) is 6.29 Å². The molecule has 0 radical (unpaired) electrons. The van der Waals surface area contributed by atoms with Crippen LogP contribution in [0.4, 0.5) is 0 Å². The van der Waals surface area contributed by atoms with Crippen molar-refractivity contribution < 1.29 is 14.7 Å². The van der Waals surface area contributed by atoms with Gasteiger partial charge in [-0.25, -0.2) is 14.2 Å². The smallest absolute Gasteiger partial charge is 0.345 e. The molecule has 0 aliphatic rings. The fourth-order valence-corrected chi connectivity index (χ4v) is 3.32. The van der Waals surface area contributed by atoms with Gasteiger partial charge >= 0.3 is 11.7 Å². The lowest BCUT2D eigenvalue weighted by atomic mass is 10.1. The Morgan fingerprint density at radius 1 is 1.35 bits per heavy atom. The third-order valence-corrected chi connectivity index (χ3v) is 4.53. The highest BCUT2D eigenvalue weighted by Crippen LogP contribution is 2.29. The second-order valence-electron chi connectivity index (χ2n) is 4.53. The highest BCUT2D eigenvalue weighted by atomic mass is 35.5. The summed E-state index contributed by atoms with van der Waals surface area (Å²) in [7, 11) is 0. The summed E-state index contributed by atoms with van der Waals surface area (Å²) in [5.74, 6) is -1.22. The fraction of sp³-hybridized carbons (Fsp3) is 0. The van der Waals surface area contributed by atoms with E-state index in [-0.39, 0.29) is 31.4 Å². The zero-order valence-electron chi connectivity index (χ0n) is 11.2. The van der Waals surface area contributed by atoms with Crippen molar-refractivity contribution in [2.24, 2.45) is 0 Å². The molecule has 2 aromatic heterocycles. The molecule has 0 spiro atoms. The monoisotopic (exact) mass is 350 g/mol. The predicted molar refractivity (Wildman–Crippen MR) is 85.4 cm³/mol. The minimum absolute atomic E-state index is 0.0158. The molecule has 2 heterocycles. The van der Waals surface area contributed by atoms with Crippen molar-refractivity contribution in [3.05, 3.63) is 59.9 Å². The lowest BCUT2D eigenvalue weighted by Crippen LogP contribution is -2.34. The number of carbonyl (C=O) groups is 2. The normalized spacial score (nSPS) is 10.8. The number of nitrogens with one attached hydrogen (secondary N) is 1. The summed E-state index contributed by atoms with van der Waals surface area (Å²) in [6.07, 6.45) is 0.504. The Morgan fingerprint density at radius 3 is 2.70 bits per heavy atom. The number of hydrogen-bond acceptors (Lipinski definition) is 5. The van der Waals surface area contributed by atoms with Crippen molar-refractivity contribution in [3.8, 4) is 5.69 Å². The minimum Gasteiger partial charge on any atom is -0.477 e. The molecular formula is C14H7ClN2O5S. The summed E-state index contributed by atoms with van der Waals surface area (Å²) in [6.45, 7) is 0. The molecule has 3 rings (SSSR count). The maximum absolute atomic E-state index is 12.6. The summed E-state index contributed by atoms with van der Waals surface area (Å²) in [5, 5.41) is 9.02. The second kappa shape index (κ2) is 5.49. The maximum Gasteiger partial charge on any atom is 0.345 e. The number of H-pyrrole nitrogens is 1. The number of aromatic amines is 1. The molecule has 1 aromatic carbocycles. The Bertz CT molecular complexity index is 1080. The Morgan fingerprint density at radius 2 is 2.09 bits per heavy atom. The third-order valence-electron chi connectivity index (χ3n) is 3.21. The van der Waals surface area contributed by atoms with Crippen LogP contribution < -0.4 is 11.2 Å². The zero-order chi connectivity index (χ0) is 16.7. The summed E-state index contributed by atoms with van der Waals surface area (Å²) < 4.78 is 0.707. The molecule has 0 saturated carbocycles. The van der Waals surface area contributed by atoms with Gasteiger partial charge in [0.2, 0.25) is 0 Å². The number of aromatic carboxylic acids is 1. The molecule has 3 aromatic rings. The van der Waals surface area contributed by atoms with Crippen LogP contribution in [0.25, 0.3) is 16.6 Å². The minimum atomic E-state index is -1.22. The maximum atomic E-state index is 12.6. The quantitative estimate of drug-likeness (QED) is 0.701. The van der Waals surface area contributed by atoms with Gasteiger partial charge in [0.1, 0.15) is 9.21 Å². The fourth-order valence-electron chi connectivity index (χ4n) is 2.22. The number of benzene rings is 1. The van der Waals surface area contributed by atoms with Crippen molar-refractivity contribution in [1.29, 1.82) is 0 Å². The number of carboxylic acid groups (broad SMARTS) is 1. The van der Waals surface area contributed by atoms with E-state index in [9.17, 15) is 19.2 Å². The molecule has 0 aliphatic heterocycles. The largest absolute Gasteiger partial charge is 0.477 e. The SMILES string of the molecule is O=Cc1cccc2[nH]c(=O)n(-c3cc(C(=O)O)sc3Cl)c(=O)c12. The number of hydrogen-bond donors (Lipinski definition) is 2. The average Bonchev–Trinajstić information content (AvgIpc) is 2.88. The Balaban J connectivity index is 2.44. The molecule has 2 N–H and O–H groups in total. The van der Waals surface area contributed by atoms with Gasteiger partial charge in [-0.2, -0.15) is 0 Å². The van der Waals surface area contributed by atoms with E-state index < -0.39 is 17.2 Å². The number of halogens is 1. The van der Waals surface area contributed by atoms with Crippen LogP contribution in [-0.2, 0) is 0 Å². The molecule has 0 fully saturated rings. The van der Waals surface area contributed by atoms with Gasteiger partial charge < -0.3 is 10.1 Å². The van der Waals surface area contributed by atoms with Crippen molar-refractivity contribution in [3.63, 3.8) is 0 Å². The van der Waals surface area contributed by atoms with E-state index >= 15 is 0 Å². The van der Waals surface area contributed by atoms with Gasteiger partial charge in [-0.1, -0.05) is 23.7 Å². The summed E-state index contributed by atoms with van der Waals surface area (Å²) >= 11 is 6.70. The predicted octanol–water partition coefficient (Wildman–Crippen LogP) is 1.90. The lowest BCUT2D eigenvalue weighted by Gasteiger charge is -2.06. The number of aromatic nitrogens is 2. The van der Waals surface area contributed by atoms with Gasteiger partial charge in [0.25, 0.3) is 5.56 Å². The van der Waals surface area contributed by atoms with E-state index in [4.69, 9.17) is 16.7 Å². The van der Waals surface area contributed by atoms with Crippen LogP contribution in [0.15, 0.2) is 33.9 Å². The number of carboxylic acids is 1. The molecule has 0 saturated heterocycles. The van der Waals surface area contributed by atoms with Crippen LogP contribution in [0, 0.1) is 0 Å². The van der Waals surface area contributed by atoms with Gasteiger partial charge in [0.15, 0.2) is 6.29 Å². The Hall–Kier alpha value is -2.71. The van der Waals surface area contributed by atoms with Gasteiger partial charge in [-0.3, -0.25) is 9.59 Å². The molecule has 9 heteroatoms.